The second-order valence-electron chi connectivity index (χ2n) is 9.42. The zero-order valence-corrected chi connectivity index (χ0v) is 23.8. The van der Waals surface area contributed by atoms with Crippen molar-refractivity contribution in [3.05, 3.63) is 31.9 Å². The van der Waals surface area contributed by atoms with Crippen LogP contribution in [0.5, 0.6) is 0 Å². The maximum atomic E-state index is 13.3. The number of anilines is 1. The molecule has 196 valence electrons. The van der Waals surface area contributed by atoms with Gasteiger partial charge in [0.25, 0.3) is 11.5 Å². The largest absolute Gasteiger partial charge is 0.355 e. The predicted octanol–water partition coefficient (Wildman–Crippen LogP) is 4.75. The van der Waals surface area contributed by atoms with Gasteiger partial charge in [-0.2, -0.15) is 5.26 Å². The SMILES string of the molecule is CCCCCCCCN1C(=O)C(=Cc2c(C)c(C#N)c(=O)n(CC)c2N2CCN(CC)CC2)SC1=S. The molecule has 1 aromatic rings. The number of piperazine rings is 1. The summed E-state index contributed by atoms with van der Waals surface area (Å²) < 4.78 is 2.27. The van der Waals surface area contributed by atoms with Crippen LogP contribution in [0.3, 0.4) is 0 Å². The first-order chi connectivity index (χ1) is 17.4. The summed E-state index contributed by atoms with van der Waals surface area (Å²) in [6.07, 6.45) is 8.78. The molecule has 0 spiro atoms. The van der Waals surface area contributed by atoms with Crippen molar-refractivity contribution in [2.45, 2.75) is 72.8 Å². The van der Waals surface area contributed by atoms with Crippen LogP contribution in [0.25, 0.3) is 6.08 Å². The van der Waals surface area contributed by atoms with Gasteiger partial charge in [-0.15, -0.1) is 0 Å². The zero-order chi connectivity index (χ0) is 26.2. The fourth-order valence-electron chi connectivity index (χ4n) is 4.93. The minimum absolute atomic E-state index is 0.0764. The van der Waals surface area contributed by atoms with Gasteiger partial charge in [-0.3, -0.25) is 19.1 Å². The molecule has 2 fully saturated rings. The normalized spacial score (nSPS) is 17.9. The minimum Gasteiger partial charge on any atom is -0.355 e. The number of hydrogen-bond acceptors (Lipinski definition) is 7. The Balaban J connectivity index is 1.94. The molecule has 3 heterocycles. The van der Waals surface area contributed by atoms with E-state index in [0.717, 1.165) is 56.9 Å². The monoisotopic (exact) mass is 529 g/mol. The molecule has 0 saturated carbocycles. The molecule has 1 aromatic heterocycles. The van der Waals surface area contributed by atoms with Gasteiger partial charge in [-0.1, -0.05) is 69.9 Å². The molecule has 0 bridgehead atoms. The number of nitrogens with zero attached hydrogens (tertiary/aromatic N) is 5. The predicted molar refractivity (Wildman–Crippen MR) is 153 cm³/mol. The summed E-state index contributed by atoms with van der Waals surface area (Å²) in [4.78, 5) is 33.4. The maximum absolute atomic E-state index is 13.3. The summed E-state index contributed by atoms with van der Waals surface area (Å²) in [5.74, 6) is 0.725. The number of amides is 1. The van der Waals surface area contributed by atoms with Gasteiger partial charge in [0, 0.05) is 44.8 Å². The van der Waals surface area contributed by atoms with Crippen molar-refractivity contribution in [1.29, 1.82) is 5.26 Å². The summed E-state index contributed by atoms with van der Waals surface area (Å²) in [6, 6.07) is 2.11. The van der Waals surface area contributed by atoms with E-state index in [9.17, 15) is 14.9 Å². The van der Waals surface area contributed by atoms with Crippen LogP contribution in [0.4, 0.5) is 5.82 Å². The Morgan fingerprint density at radius 1 is 1.00 bits per heavy atom. The minimum atomic E-state index is -0.266. The number of thiocarbonyl (C=S) groups is 1. The van der Waals surface area contributed by atoms with E-state index in [4.69, 9.17) is 12.2 Å². The first-order valence-corrected chi connectivity index (χ1v) is 14.5. The molecule has 36 heavy (non-hydrogen) atoms. The van der Waals surface area contributed by atoms with Crippen LogP contribution in [-0.4, -0.2) is 63.9 Å². The van der Waals surface area contributed by atoms with Crippen LogP contribution in [0.2, 0.25) is 0 Å². The lowest BCUT2D eigenvalue weighted by Crippen LogP contribution is -2.48. The summed E-state index contributed by atoms with van der Waals surface area (Å²) in [5, 5.41) is 9.78. The Morgan fingerprint density at radius 3 is 2.28 bits per heavy atom. The maximum Gasteiger partial charge on any atom is 0.270 e. The molecule has 0 radical (unpaired) electrons. The second kappa shape index (κ2) is 13.4. The van der Waals surface area contributed by atoms with Crippen LogP contribution in [0.1, 0.15) is 76.0 Å². The van der Waals surface area contributed by atoms with Crippen LogP contribution in [0, 0.1) is 18.3 Å². The number of rotatable bonds is 11. The molecule has 3 rings (SSSR count). The Bertz CT molecular complexity index is 1100. The summed E-state index contributed by atoms with van der Waals surface area (Å²) in [7, 11) is 0. The average Bonchev–Trinajstić information content (AvgIpc) is 3.15. The molecular formula is C27H39N5O2S2. The van der Waals surface area contributed by atoms with Crippen LogP contribution in [-0.2, 0) is 11.3 Å². The number of aromatic nitrogens is 1. The smallest absolute Gasteiger partial charge is 0.270 e. The van der Waals surface area contributed by atoms with E-state index in [-0.39, 0.29) is 17.0 Å². The summed E-state index contributed by atoms with van der Waals surface area (Å²) >= 11 is 6.89. The summed E-state index contributed by atoms with van der Waals surface area (Å²) in [5.41, 5.74) is 1.28. The Morgan fingerprint density at radius 2 is 1.67 bits per heavy atom. The van der Waals surface area contributed by atoms with Gasteiger partial charge in [0.15, 0.2) is 0 Å². The second-order valence-corrected chi connectivity index (χ2v) is 11.1. The summed E-state index contributed by atoms with van der Waals surface area (Å²) in [6.45, 7) is 13.6. The highest BCUT2D eigenvalue weighted by Gasteiger charge is 2.33. The van der Waals surface area contributed by atoms with E-state index in [1.807, 2.05) is 19.9 Å². The molecule has 2 aliphatic rings. The van der Waals surface area contributed by atoms with Crippen molar-refractivity contribution in [3.63, 3.8) is 0 Å². The lowest BCUT2D eigenvalue weighted by molar-refractivity contribution is -0.122. The quantitative estimate of drug-likeness (QED) is 0.233. The molecule has 7 nitrogen and oxygen atoms in total. The number of thioether (sulfide) groups is 1. The van der Waals surface area contributed by atoms with E-state index in [2.05, 4.69) is 29.7 Å². The highest BCUT2D eigenvalue weighted by molar-refractivity contribution is 8.26. The fourth-order valence-corrected chi connectivity index (χ4v) is 6.22. The molecule has 1 amide bonds. The first kappa shape index (κ1) is 28.4. The molecule has 0 aliphatic carbocycles. The number of likely N-dealkylation sites (N-methyl/N-ethyl adjacent to an activating group) is 1. The van der Waals surface area contributed by atoms with E-state index in [0.29, 0.717) is 27.9 Å². The van der Waals surface area contributed by atoms with Crippen molar-refractivity contribution in [2.24, 2.45) is 0 Å². The van der Waals surface area contributed by atoms with Crippen LogP contribution < -0.4 is 10.5 Å². The van der Waals surface area contributed by atoms with Crippen molar-refractivity contribution < 1.29 is 4.79 Å². The molecule has 0 atom stereocenters. The Hall–Kier alpha value is -2.15. The average molecular weight is 530 g/mol. The third kappa shape index (κ3) is 6.21. The number of carbonyl (C=O) groups is 1. The number of carbonyl (C=O) groups excluding carboxylic acids is 1. The molecule has 0 unspecified atom stereocenters. The van der Waals surface area contributed by atoms with Gasteiger partial charge in [0.2, 0.25) is 0 Å². The van der Waals surface area contributed by atoms with Crippen LogP contribution >= 0.6 is 24.0 Å². The van der Waals surface area contributed by atoms with E-state index < -0.39 is 0 Å². The van der Waals surface area contributed by atoms with Crippen molar-refractivity contribution in [2.75, 3.05) is 44.2 Å². The fraction of sp³-hybridized carbons (Fsp3) is 0.630. The molecule has 0 N–H and O–H groups in total. The molecule has 2 saturated heterocycles. The Labute approximate surface area is 225 Å². The topological polar surface area (TPSA) is 72.6 Å². The number of hydrogen-bond donors (Lipinski definition) is 0. The van der Waals surface area contributed by atoms with Gasteiger partial charge in [-0.05, 0) is 38.5 Å². The van der Waals surface area contributed by atoms with Gasteiger partial charge in [0.05, 0.1) is 4.91 Å². The zero-order valence-electron chi connectivity index (χ0n) is 22.1. The van der Waals surface area contributed by atoms with Gasteiger partial charge < -0.3 is 9.80 Å². The van der Waals surface area contributed by atoms with Gasteiger partial charge in [-0.25, -0.2) is 0 Å². The third-order valence-electron chi connectivity index (χ3n) is 7.17. The van der Waals surface area contributed by atoms with Gasteiger partial charge >= 0.3 is 0 Å². The van der Waals surface area contributed by atoms with Gasteiger partial charge in [0.1, 0.15) is 21.8 Å². The van der Waals surface area contributed by atoms with E-state index in [1.165, 1.54) is 37.4 Å². The molecule has 9 heteroatoms. The highest BCUT2D eigenvalue weighted by atomic mass is 32.2. The Kier molecular flexibility index (Phi) is 10.6. The van der Waals surface area contributed by atoms with E-state index in [1.54, 1.807) is 9.47 Å². The lowest BCUT2D eigenvalue weighted by Gasteiger charge is -2.37. The molecule has 2 aliphatic heterocycles. The van der Waals surface area contributed by atoms with Crippen LogP contribution in [0.15, 0.2) is 9.70 Å². The number of nitriles is 1. The molecule has 0 aromatic carbocycles. The molecular weight excluding hydrogens is 490 g/mol. The third-order valence-corrected chi connectivity index (χ3v) is 8.54. The highest BCUT2D eigenvalue weighted by Crippen LogP contribution is 2.36. The van der Waals surface area contributed by atoms with E-state index >= 15 is 0 Å². The standard InChI is InChI=1S/C27H39N5O2S2/c1-5-8-9-10-11-12-13-32-26(34)23(36-27(32)35)18-21-20(4)22(19-28)25(33)31(7-3)24(21)30-16-14-29(6-2)15-17-30/h18H,5-17H2,1-4H3. The van der Waals surface area contributed by atoms with Crippen molar-refractivity contribution in [3.8, 4) is 6.07 Å². The van der Waals surface area contributed by atoms with Crippen molar-refractivity contribution in [1.82, 2.24) is 14.4 Å². The first-order valence-electron chi connectivity index (χ1n) is 13.3. The number of pyridine rings is 1. The number of unbranched alkanes of at least 4 members (excludes halogenated alkanes) is 5. The van der Waals surface area contributed by atoms with Crippen molar-refractivity contribution >= 4 is 46.1 Å². The lowest BCUT2D eigenvalue weighted by atomic mass is 10.0.